The van der Waals surface area contributed by atoms with Crippen molar-refractivity contribution in [2.45, 2.75) is 17.8 Å². The van der Waals surface area contributed by atoms with Crippen LogP contribution >= 0.6 is 0 Å². The molecule has 2 heteroatoms. The van der Waals surface area contributed by atoms with Crippen LogP contribution in [0.3, 0.4) is 0 Å². The molecule has 1 aliphatic carbocycles. The average Bonchev–Trinajstić information content (AvgIpc) is 3.86. The van der Waals surface area contributed by atoms with E-state index in [0.29, 0.717) is 5.92 Å². The summed E-state index contributed by atoms with van der Waals surface area (Å²) >= 11 is 0. The largest absolute Gasteiger partial charge is 0.234 e. The zero-order valence-electron chi connectivity index (χ0n) is 24.4. The van der Waals surface area contributed by atoms with Crippen LogP contribution < -0.4 is 5.01 Å². The van der Waals surface area contributed by atoms with E-state index in [2.05, 4.69) is 164 Å². The van der Waals surface area contributed by atoms with E-state index in [4.69, 9.17) is 5.10 Å². The van der Waals surface area contributed by atoms with Crippen molar-refractivity contribution in [1.29, 1.82) is 0 Å². The maximum Gasteiger partial charge on any atom is 0.0652 e. The van der Waals surface area contributed by atoms with Crippen LogP contribution in [0.15, 0.2) is 175 Å². The van der Waals surface area contributed by atoms with Gasteiger partial charge in [-0.15, -0.1) is 0 Å². The molecule has 0 aromatic heterocycles. The molecule has 1 saturated carbocycles. The van der Waals surface area contributed by atoms with Crippen molar-refractivity contribution < 1.29 is 0 Å². The van der Waals surface area contributed by atoms with E-state index in [1.807, 2.05) is 17.1 Å². The van der Waals surface area contributed by atoms with Gasteiger partial charge in [0.15, 0.2) is 0 Å². The minimum absolute atomic E-state index is 0.183. The molecule has 1 fully saturated rings. The minimum atomic E-state index is -0.183. The van der Waals surface area contributed by atoms with Crippen LogP contribution in [0, 0.1) is 0 Å². The van der Waals surface area contributed by atoms with Gasteiger partial charge in [0.2, 0.25) is 0 Å². The highest BCUT2D eigenvalue weighted by Gasteiger charge is 2.58. The van der Waals surface area contributed by atoms with E-state index in [1.165, 1.54) is 43.8 Å². The summed E-state index contributed by atoms with van der Waals surface area (Å²) in [5, 5.41) is 12.4. The fourth-order valence-electron chi connectivity index (χ4n) is 7.15. The Morgan fingerprint density at radius 3 is 1.55 bits per heavy atom. The minimum Gasteiger partial charge on any atom is -0.234 e. The second-order valence-corrected chi connectivity index (χ2v) is 11.6. The molecule has 2 unspecified atom stereocenters. The fourth-order valence-corrected chi connectivity index (χ4v) is 7.15. The lowest BCUT2D eigenvalue weighted by Crippen LogP contribution is -2.17. The van der Waals surface area contributed by atoms with Crippen LogP contribution in [-0.2, 0) is 5.41 Å². The number of benzene rings is 7. The van der Waals surface area contributed by atoms with Crippen LogP contribution in [0.1, 0.15) is 34.6 Å². The topological polar surface area (TPSA) is 15.6 Å². The van der Waals surface area contributed by atoms with Gasteiger partial charge in [-0.3, -0.25) is 0 Å². The van der Waals surface area contributed by atoms with Gasteiger partial charge in [0.05, 0.1) is 17.6 Å². The second kappa shape index (κ2) is 11.0. The molecule has 210 valence electrons. The number of hydrogen-bond donors (Lipinski definition) is 0. The number of para-hydroxylation sites is 2. The van der Waals surface area contributed by atoms with Crippen molar-refractivity contribution in [3.63, 3.8) is 0 Å². The maximum absolute atomic E-state index is 5.29. The molecule has 0 N–H and O–H groups in total. The summed E-state index contributed by atoms with van der Waals surface area (Å²) in [4.78, 5) is 0. The summed E-state index contributed by atoms with van der Waals surface area (Å²) in [6.07, 6.45) is 3.17. The van der Waals surface area contributed by atoms with E-state index in [1.54, 1.807) is 0 Å². The maximum atomic E-state index is 5.29. The van der Waals surface area contributed by atoms with Crippen molar-refractivity contribution in [3.8, 4) is 0 Å². The summed E-state index contributed by atoms with van der Waals surface area (Å²) in [7, 11) is 0. The number of nitrogens with zero attached hydrogens (tertiary/aromatic N) is 2. The fraction of sp³-hybridized carbons (Fsp3) is 0.0714. The molecule has 2 atom stereocenters. The van der Waals surface area contributed by atoms with Crippen molar-refractivity contribution in [3.05, 3.63) is 192 Å². The molecule has 7 aromatic carbocycles. The zero-order valence-corrected chi connectivity index (χ0v) is 24.4. The Bertz CT molecular complexity index is 2050. The van der Waals surface area contributed by atoms with Crippen molar-refractivity contribution in [1.82, 2.24) is 0 Å². The highest BCUT2D eigenvalue weighted by molar-refractivity contribution is 6.17. The lowest BCUT2D eigenvalue weighted by molar-refractivity contribution is 0.811. The van der Waals surface area contributed by atoms with Gasteiger partial charge in [0.1, 0.15) is 0 Å². The van der Waals surface area contributed by atoms with Crippen LogP contribution in [0.4, 0.5) is 11.4 Å². The number of hydrazone groups is 1. The number of anilines is 2. The first-order valence-electron chi connectivity index (χ1n) is 15.3. The van der Waals surface area contributed by atoms with Gasteiger partial charge in [-0.2, -0.15) is 5.10 Å². The van der Waals surface area contributed by atoms with Crippen LogP contribution in [0.25, 0.3) is 21.5 Å². The van der Waals surface area contributed by atoms with E-state index < -0.39 is 0 Å². The first-order chi connectivity index (χ1) is 21.8. The van der Waals surface area contributed by atoms with Gasteiger partial charge < -0.3 is 0 Å². The summed E-state index contributed by atoms with van der Waals surface area (Å²) in [5.41, 5.74) is 7.13. The number of fused-ring (bicyclic) bond motifs is 3. The molecule has 0 spiro atoms. The monoisotopic (exact) mass is 564 g/mol. The third-order valence-electron chi connectivity index (χ3n) is 9.17. The third kappa shape index (κ3) is 4.39. The molecular weight excluding hydrogens is 532 g/mol. The predicted molar refractivity (Wildman–Crippen MR) is 185 cm³/mol. The standard InChI is InChI=1S/C42H32N2/c1-5-17-31(18-6-1)40-29-42(40,32-19-7-2-8-20-32)41-38-28-16-15-26-36(38)35-25-13-14-27-37(35)39(41)30-43-44(33-21-9-3-10-22-33)34-23-11-4-12-24-34/h1-28,30,40H,29H2/b43-30+. The van der Waals surface area contributed by atoms with Crippen LogP contribution in [0.5, 0.6) is 0 Å². The van der Waals surface area contributed by atoms with E-state index >= 15 is 0 Å². The Morgan fingerprint density at radius 2 is 0.955 bits per heavy atom. The van der Waals surface area contributed by atoms with E-state index in [0.717, 1.165) is 17.8 Å². The van der Waals surface area contributed by atoms with Gasteiger partial charge in [0, 0.05) is 11.0 Å². The summed E-state index contributed by atoms with van der Waals surface area (Å²) in [6.45, 7) is 0. The van der Waals surface area contributed by atoms with Gasteiger partial charge in [0.25, 0.3) is 0 Å². The number of rotatable bonds is 7. The van der Waals surface area contributed by atoms with E-state index in [9.17, 15) is 0 Å². The first kappa shape index (κ1) is 26.2. The Kier molecular flexibility index (Phi) is 6.53. The molecule has 0 bridgehead atoms. The Labute approximate surface area is 258 Å². The molecule has 7 aromatic rings. The third-order valence-corrected chi connectivity index (χ3v) is 9.17. The average molecular weight is 565 g/mol. The molecule has 0 amide bonds. The first-order valence-corrected chi connectivity index (χ1v) is 15.3. The lowest BCUT2D eigenvalue weighted by atomic mass is 9.77. The summed E-state index contributed by atoms with van der Waals surface area (Å²) in [6, 6.07) is 60.7. The quantitative estimate of drug-likeness (QED) is 0.107. The van der Waals surface area contributed by atoms with Gasteiger partial charge in [-0.25, -0.2) is 5.01 Å². The van der Waals surface area contributed by atoms with Crippen molar-refractivity contribution in [2.75, 3.05) is 5.01 Å². The SMILES string of the molecule is C(=N\N(c1ccccc1)c1ccccc1)/c1c(C2(c3ccccc3)CC2c2ccccc2)c2ccccc2c2ccccc12. The van der Waals surface area contributed by atoms with Crippen LogP contribution in [0.2, 0.25) is 0 Å². The molecule has 0 heterocycles. The normalized spacial score (nSPS) is 17.7. The molecule has 2 nitrogen and oxygen atoms in total. The molecule has 8 rings (SSSR count). The summed E-state index contributed by atoms with van der Waals surface area (Å²) in [5.74, 6) is 0.363. The van der Waals surface area contributed by atoms with Crippen molar-refractivity contribution in [2.24, 2.45) is 5.10 Å². The predicted octanol–water partition coefficient (Wildman–Crippen LogP) is 10.6. The lowest BCUT2D eigenvalue weighted by Gasteiger charge is -2.26. The molecular formula is C42H32N2. The highest BCUT2D eigenvalue weighted by Crippen LogP contribution is 2.66. The van der Waals surface area contributed by atoms with Crippen LogP contribution in [-0.4, -0.2) is 6.21 Å². The summed E-state index contributed by atoms with van der Waals surface area (Å²) < 4.78 is 0. The highest BCUT2D eigenvalue weighted by atomic mass is 15.5. The molecule has 0 aliphatic heterocycles. The molecule has 1 aliphatic rings. The Balaban J connectivity index is 1.43. The Morgan fingerprint density at radius 1 is 0.500 bits per heavy atom. The van der Waals surface area contributed by atoms with Crippen molar-refractivity contribution >= 4 is 39.1 Å². The second-order valence-electron chi connectivity index (χ2n) is 11.6. The van der Waals surface area contributed by atoms with E-state index in [-0.39, 0.29) is 5.41 Å². The smallest absolute Gasteiger partial charge is 0.0652 e. The van der Waals surface area contributed by atoms with Gasteiger partial charge in [-0.1, -0.05) is 146 Å². The molecule has 44 heavy (non-hydrogen) atoms. The number of hydrogen-bond acceptors (Lipinski definition) is 2. The molecule has 0 radical (unpaired) electrons. The Hall–Kier alpha value is -5.47. The molecule has 0 saturated heterocycles. The van der Waals surface area contributed by atoms with Gasteiger partial charge in [-0.05, 0) is 74.8 Å². The van der Waals surface area contributed by atoms with Gasteiger partial charge >= 0.3 is 0 Å². The zero-order chi connectivity index (χ0) is 29.3.